The van der Waals surface area contributed by atoms with Crippen molar-refractivity contribution in [1.29, 1.82) is 5.26 Å². The molecular weight excluding hydrogens is 397 g/mol. The molecule has 2 aromatic rings. The maximum atomic E-state index is 13.3. The van der Waals surface area contributed by atoms with Gasteiger partial charge in [-0.2, -0.15) is 23.5 Å². The maximum Gasteiger partial charge on any atom is 0.417 e. The van der Waals surface area contributed by atoms with Crippen molar-refractivity contribution >= 4 is 5.91 Å². The molecular formula is C21H21F3N4O2. The first kappa shape index (κ1) is 21.6. The fraction of sp³-hybridized carbons (Fsp3) is 0.429. The van der Waals surface area contributed by atoms with Gasteiger partial charge >= 0.3 is 6.18 Å². The SMILES string of the molecule is CC1(C)C(NC(=O)c2cccnn2)C(C)(C)C1Oc1ccc(C#N)c(C(F)(F)F)c1. The highest BCUT2D eigenvalue weighted by Gasteiger charge is 2.64. The number of aromatic nitrogens is 2. The fourth-order valence-corrected chi connectivity index (χ4v) is 4.49. The smallest absolute Gasteiger partial charge is 0.417 e. The minimum Gasteiger partial charge on any atom is -0.489 e. The van der Waals surface area contributed by atoms with E-state index in [2.05, 4.69) is 15.5 Å². The van der Waals surface area contributed by atoms with E-state index in [1.807, 2.05) is 27.7 Å². The zero-order valence-corrected chi connectivity index (χ0v) is 16.9. The van der Waals surface area contributed by atoms with E-state index in [9.17, 15) is 18.0 Å². The molecule has 0 atom stereocenters. The number of hydrogen-bond donors (Lipinski definition) is 1. The third kappa shape index (κ3) is 3.70. The normalized spacial score (nSPS) is 21.8. The lowest BCUT2D eigenvalue weighted by molar-refractivity contribution is -0.164. The van der Waals surface area contributed by atoms with Crippen LogP contribution in [0.15, 0.2) is 36.5 Å². The van der Waals surface area contributed by atoms with Gasteiger partial charge in [-0.1, -0.05) is 27.7 Å². The summed E-state index contributed by atoms with van der Waals surface area (Å²) >= 11 is 0. The average molecular weight is 418 g/mol. The molecule has 1 amide bonds. The molecule has 1 aromatic heterocycles. The second kappa shape index (κ2) is 7.27. The Kier molecular flexibility index (Phi) is 5.23. The van der Waals surface area contributed by atoms with E-state index in [1.54, 1.807) is 18.2 Å². The first-order valence-electron chi connectivity index (χ1n) is 9.25. The summed E-state index contributed by atoms with van der Waals surface area (Å²) in [5.74, 6) is -0.364. The number of halogens is 3. The number of benzene rings is 1. The second-order valence-electron chi connectivity index (χ2n) is 8.47. The van der Waals surface area contributed by atoms with Crippen LogP contribution in [0.2, 0.25) is 0 Å². The first-order valence-corrected chi connectivity index (χ1v) is 9.25. The molecule has 0 aliphatic heterocycles. The Labute approximate surface area is 172 Å². The molecule has 1 aliphatic rings. The Morgan fingerprint density at radius 2 is 1.87 bits per heavy atom. The molecule has 158 valence electrons. The van der Waals surface area contributed by atoms with Crippen LogP contribution in [0.1, 0.15) is 49.3 Å². The van der Waals surface area contributed by atoms with Crippen LogP contribution in [-0.4, -0.2) is 28.3 Å². The van der Waals surface area contributed by atoms with Crippen LogP contribution in [0, 0.1) is 22.2 Å². The fourth-order valence-electron chi connectivity index (χ4n) is 4.49. The number of ether oxygens (including phenoxy) is 1. The lowest BCUT2D eigenvalue weighted by atomic mass is 9.49. The van der Waals surface area contributed by atoms with E-state index in [-0.39, 0.29) is 23.4 Å². The Balaban J connectivity index is 1.82. The summed E-state index contributed by atoms with van der Waals surface area (Å²) < 4.78 is 45.7. The van der Waals surface area contributed by atoms with Gasteiger partial charge in [0.25, 0.3) is 5.91 Å². The quantitative estimate of drug-likeness (QED) is 0.812. The number of nitrogens with one attached hydrogen (secondary N) is 1. The largest absolute Gasteiger partial charge is 0.489 e. The lowest BCUT2D eigenvalue weighted by Gasteiger charge is -2.63. The van der Waals surface area contributed by atoms with E-state index in [0.29, 0.717) is 0 Å². The van der Waals surface area contributed by atoms with Crippen LogP contribution in [0.3, 0.4) is 0 Å². The van der Waals surface area contributed by atoms with Gasteiger partial charge in [0.1, 0.15) is 11.9 Å². The number of nitriles is 1. The zero-order valence-electron chi connectivity index (χ0n) is 16.9. The monoisotopic (exact) mass is 418 g/mol. The van der Waals surface area contributed by atoms with Gasteiger partial charge in [-0.15, -0.1) is 5.10 Å². The van der Waals surface area contributed by atoms with E-state index in [1.165, 1.54) is 12.3 Å². The molecule has 0 radical (unpaired) electrons. The number of rotatable bonds is 4. The third-order valence-corrected chi connectivity index (χ3v) is 5.59. The highest BCUT2D eigenvalue weighted by atomic mass is 19.4. The Morgan fingerprint density at radius 3 is 2.40 bits per heavy atom. The number of alkyl halides is 3. The molecule has 3 rings (SSSR count). The molecule has 1 aromatic carbocycles. The van der Waals surface area contributed by atoms with Crippen molar-refractivity contribution in [3.05, 3.63) is 53.3 Å². The van der Waals surface area contributed by atoms with E-state index in [0.717, 1.165) is 12.1 Å². The van der Waals surface area contributed by atoms with Gasteiger partial charge in [0, 0.05) is 23.1 Å². The predicted octanol–water partition coefficient (Wildman–Crippen LogP) is 3.98. The van der Waals surface area contributed by atoms with Gasteiger partial charge in [0.2, 0.25) is 0 Å². The molecule has 6 nitrogen and oxygen atoms in total. The van der Waals surface area contributed by atoms with Gasteiger partial charge in [0.05, 0.1) is 17.2 Å². The van der Waals surface area contributed by atoms with Crippen LogP contribution < -0.4 is 10.1 Å². The molecule has 1 saturated carbocycles. The maximum absolute atomic E-state index is 13.3. The number of carbonyl (C=O) groups is 1. The summed E-state index contributed by atoms with van der Waals surface area (Å²) in [6, 6.07) is 7.69. The predicted molar refractivity (Wildman–Crippen MR) is 101 cm³/mol. The number of hydrogen-bond acceptors (Lipinski definition) is 5. The van der Waals surface area contributed by atoms with Gasteiger partial charge in [-0.25, -0.2) is 0 Å². The average Bonchev–Trinajstić information content (AvgIpc) is 2.69. The van der Waals surface area contributed by atoms with Crippen molar-refractivity contribution < 1.29 is 22.7 Å². The molecule has 0 unspecified atom stereocenters. The summed E-state index contributed by atoms with van der Waals surface area (Å²) in [6.07, 6.45) is -3.68. The third-order valence-electron chi connectivity index (χ3n) is 5.59. The van der Waals surface area contributed by atoms with E-state index >= 15 is 0 Å². The van der Waals surface area contributed by atoms with Gasteiger partial charge in [-0.3, -0.25) is 4.79 Å². The molecule has 9 heteroatoms. The molecule has 1 aliphatic carbocycles. The molecule has 1 N–H and O–H groups in total. The highest BCUT2D eigenvalue weighted by molar-refractivity contribution is 5.92. The van der Waals surface area contributed by atoms with Crippen molar-refractivity contribution in [1.82, 2.24) is 15.5 Å². The van der Waals surface area contributed by atoms with Crippen molar-refractivity contribution in [2.24, 2.45) is 10.8 Å². The van der Waals surface area contributed by atoms with Gasteiger partial charge in [-0.05, 0) is 30.3 Å². The van der Waals surface area contributed by atoms with Crippen molar-refractivity contribution in [3.63, 3.8) is 0 Å². The topological polar surface area (TPSA) is 87.9 Å². The number of amides is 1. The van der Waals surface area contributed by atoms with Crippen molar-refractivity contribution in [2.45, 2.75) is 46.0 Å². The standard InChI is InChI=1S/C21H21F3N4O2/c1-19(2)17(27-16(29)15-6-5-9-26-28-15)20(3,4)18(19)30-13-8-7-12(11-25)14(10-13)21(22,23)24/h5-10,17-18H,1-4H3,(H,27,29). The molecule has 1 heterocycles. The molecule has 0 bridgehead atoms. The van der Waals surface area contributed by atoms with E-state index < -0.39 is 34.2 Å². The highest BCUT2D eigenvalue weighted by Crippen LogP contribution is 2.55. The summed E-state index contributed by atoms with van der Waals surface area (Å²) in [5, 5.41) is 19.4. The summed E-state index contributed by atoms with van der Waals surface area (Å²) in [6.45, 7) is 7.50. The Morgan fingerprint density at radius 1 is 1.20 bits per heavy atom. The van der Waals surface area contributed by atoms with Crippen LogP contribution in [0.4, 0.5) is 13.2 Å². The van der Waals surface area contributed by atoms with Crippen LogP contribution in [0.25, 0.3) is 0 Å². The van der Waals surface area contributed by atoms with Crippen LogP contribution >= 0.6 is 0 Å². The van der Waals surface area contributed by atoms with E-state index in [4.69, 9.17) is 10.00 Å². The minimum atomic E-state index is -4.66. The van der Waals surface area contributed by atoms with Gasteiger partial charge in [0.15, 0.2) is 5.69 Å². The molecule has 1 fully saturated rings. The summed E-state index contributed by atoms with van der Waals surface area (Å²) in [7, 11) is 0. The van der Waals surface area contributed by atoms with Crippen molar-refractivity contribution in [3.8, 4) is 11.8 Å². The Hall–Kier alpha value is -3.15. The lowest BCUT2D eigenvalue weighted by Crippen LogP contribution is -2.74. The van der Waals surface area contributed by atoms with Gasteiger partial charge < -0.3 is 10.1 Å². The number of carbonyl (C=O) groups excluding carboxylic acids is 1. The van der Waals surface area contributed by atoms with Crippen molar-refractivity contribution in [2.75, 3.05) is 0 Å². The number of nitrogens with zero attached hydrogens (tertiary/aromatic N) is 3. The van der Waals surface area contributed by atoms with Crippen LogP contribution in [0.5, 0.6) is 5.75 Å². The molecule has 30 heavy (non-hydrogen) atoms. The summed E-state index contributed by atoms with van der Waals surface area (Å²) in [5.41, 5.74) is -2.47. The second-order valence-corrected chi connectivity index (χ2v) is 8.47. The zero-order chi connectivity index (χ0) is 22.3. The molecule has 0 saturated heterocycles. The Bertz CT molecular complexity index is 982. The molecule has 0 spiro atoms. The van der Waals surface area contributed by atoms with Crippen LogP contribution in [-0.2, 0) is 6.18 Å². The minimum absolute atomic E-state index is 0.0196. The summed E-state index contributed by atoms with van der Waals surface area (Å²) in [4.78, 5) is 12.5. The first-order chi connectivity index (χ1) is 13.9.